The Labute approximate surface area is 220 Å². The van der Waals surface area contributed by atoms with Crippen LogP contribution < -0.4 is 15.0 Å². The molecular weight excluding hydrogens is 468 g/mol. The Morgan fingerprint density at radius 3 is 2.51 bits per heavy atom. The normalized spacial score (nSPS) is 26.5. The number of carbonyl (C=O) groups is 1. The molecule has 5 aliphatic heterocycles. The second-order valence-electron chi connectivity index (χ2n) is 12.5. The summed E-state index contributed by atoms with van der Waals surface area (Å²) in [5.74, 6) is 1.45. The van der Waals surface area contributed by atoms with Gasteiger partial charge in [0.05, 0.1) is 5.54 Å². The third kappa shape index (κ3) is 4.42. The van der Waals surface area contributed by atoms with Gasteiger partial charge in [0.25, 0.3) is 0 Å². The molecule has 5 aliphatic rings. The number of nitrogens with one attached hydrogen (secondary N) is 1. The average Bonchev–Trinajstić information content (AvgIpc) is 3.51. The maximum atomic E-state index is 12.8. The largest absolute Gasteiger partial charge is 0.475 e. The van der Waals surface area contributed by atoms with Gasteiger partial charge in [0.2, 0.25) is 5.88 Å². The fourth-order valence-electron chi connectivity index (χ4n) is 7.34. The first-order valence-corrected chi connectivity index (χ1v) is 14.1. The number of hydrogen-bond acceptors (Lipinski definition) is 8. The Morgan fingerprint density at radius 2 is 1.86 bits per heavy atom. The summed E-state index contributed by atoms with van der Waals surface area (Å²) >= 11 is 0. The highest BCUT2D eigenvalue weighted by Crippen LogP contribution is 2.42. The van der Waals surface area contributed by atoms with Gasteiger partial charge in [0.1, 0.15) is 29.7 Å². The van der Waals surface area contributed by atoms with Crippen molar-refractivity contribution in [1.82, 2.24) is 20.1 Å². The number of anilines is 1. The zero-order chi connectivity index (χ0) is 25.8. The van der Waals surface area contributed by atoms with Crippen LogP contribution >= 0.6 is 0 Å². The van der Waals surface area contributed by atoms with E-state index in [1.54, 1.807) is 0 Å². The van der Waals surface area contributed by atoms with Gasteiger partial charge in [-0.2, -0.15) is 10.2 Å². The highest BCUT2D eigenvalue weighted by atomic mass is 16.6. The molecule has 200 valence electrons. The minimum atomic E-state index is -0.506. The molecule has 2 atom stereocenters. The van der Waals surface area contributed by atoms with E-state index in [9.17, 15) is 10.1 Å². The number of carbonyl (C=O) groups excluding carboxylic acids is 1. The molecular formula is C28H40N6O3. The predicted molar refractivity (Wildman–Crippen MR) is 140 cm³/mol. The summed E-state index contributed by atoms with van der Waals surface area (Å²) in [7, 11) is 0. The Balaban J connectivity index is 1.30. The van der Waals surface area contributed by atoms with Crippen LogP contribution in [-0.4, -0.2) is 83.4 Å². The highest BCUT2D eigenvalue weighted by Gasteiger charge is 2.46. The van der Waals surface area contributed by atoms with E-state index in [2.05, 4.69) is 21.2 Å². The monoisotopic (exact) mass is 508 g/mol. The molecule has 1 N–H and O–H groups in total. The Hall–Kier alpha value is -2.57. The molecule has 0 spiro atoms. The summed E-state index contributed by atoms with van der Waals surface area (Å²) < 4.78 is 12.2. The van der Waals surface area contributed by atoms with E-state index in [0.717, 1.165) is 63.1 Å². The van der Waals surface area contributed by atoms with Gasteiger partial charge in [-0.05, 0) is 90.9 Å². The van der Waals surface area contributed by atoms with Gasteiger partial charge in [-0.15, -0.1) is 0 Å². The molecule has 37 heavy (non-hydrogen) atoms. The smallest absolute Gasteiger partial charge is 0.410 e. The van der Waals surface area contributed by atoms with Crippen LogP contribution in [0.4, 0.5) is 10.6 Å². The molecule has 6 rings (SSSR count). The maximum absolute atomic E-state index is 12.8. The van der Waals surface area contributed by atoms with Crippen LogP contribution in [0, 0.1) is 11.3 Å². The Kier molecular flexibility index (Phi) is 6.23. The molecule has 9 nitrogen and oxygen atoms in total. The SMILES string of the molecule is CC(C)(C)OC(=O)N1C[C@H]2CC[C@@H](C1)N2c1nc(OCC23CCCN2CCC3)c(C#N)c2c1CCNC2. The van der Waals surface area contributed by atoms with Crippen LogP contribution in [0.1, 0.15) is 76.0 Å². The van der Waals surface area contributed by atoms with Crippen LogP contribution in [0.2, 0.25) is 0 Å². The number of nitrogens with zero attached hydrogens (tertiary/aromatic N) is 5. The van der Waals surface area contributed by atoms with Crippen LogP contribution in [0.15, 0.2) is 0 Å². The van der Waals surface area contributed by atoms with Crippen LogP contribution in [0.25, 0.3) is 0 Å². The molecule has 6 heterocycles. The van der Waals surface area contributed by atoms with Gasteiger partial charge in [-0.25, -0.2) is 4.79 Å². The van der Waals surface area contributed by atoms with Crippen molar-refractivity contribution in [2.75, 3.05) is 44.2 Å². The summed E-state index contributed by atoms with van der Waals surface area (Å²) in [6.45, 7) is 11.4. The van der Waals surface area contributed by atoms with Crippen molar-refractivity contribution >= 4 is 11.9 Å². The zero-order valence-corrected chi connectivity index (χ0v) is 22.5. The number of hydrogen-bond donors (Lipinski definition) is 1. The van der Waals surface area contributed by atoms with Gasteiger partial charge in [0, 0.05) is 37.3 Å². The summed E-state index contributed by atoms with van der Waals surface area (Å²) in [5, 5.41) is 13.6. The molecule has 0 aliphatic carbocycles. The molecule has 9 heteroatoms. The number of piperazine rings is 1. The molecule has 1 aromatic rings. The van der Waals surface area contributed by atoms with E-state index < -0.39 is 5.60 Å². The molecule has 4 saturated heterocycles. The number of ether oxygens (including phenoxy) is 2. The van der Waals surface area contributed by atoms with E-state index in [1.165, 1.54) is 18.4 Å². The van der Waals surface area contributed by atoms with Crippen molar-refractivity contribution in [3.63, 3.8) is 0 Å². The molecule has 0 radical (unpaired) electrons. The first-order chi connectivity index (χ1) is 17.8. The lowest BCUT2D eigenvalue weighted by Crippen LogP contribution is -2.56. The quantitative estimate of drug-likeness (QED) is 0.663. The maximum Gasteiger partial charge on any atom is 0.410 e. The molecule has 0 unspecified atom stereocenters. The summed E-state index contributed by atoms with van der Waals surface area (Å²) in [6.07, 6.45) is 7.40. The Morgan fingerprint density at radius 1 is 1.16 bits per heavy atom. The van der Waals surface area contributed by atoms with Gasteiger partial charge >= 0.3 is 6.09 Å². The first kappa shape index (κ1) is 24.7. The summed E-state index contributed by atoms with van der Waals surface area (Å²) in [4.78, 5) is 24.9. The predicted octanol–water partition coefficient (Wildman–Crippen LogP) is 3.19. The molecule has 1 aromatic heterocycles. The summed E-state index contributed by atoms with van der Waals surface area (Å²) in [5.41, 5.74) is 2.39. The number of nitriles is 1. The minimum Gasteiger partial charge on any atom is -0.475 e. The van der Waals surface area contributed by atoms with E-state index in [4.69, 9.17) is 14.5 Å². The van der Waals surface area contributed by atoms with Gasteiger partial charge in [-0.1, -0.05) is 0 Å². The van der Waals surface area contributed by atoms with Crippen molar-refractivity contribution < 1.29 is 14.3 Å². The van der Waals surface area contributed by atoms with Gasteiger partial charge in [0.15, 0.2) is 0 Å². The van der Waals surface area contributed by atoms with Crippen molar-refractivity contribution in [3.05, 3.63) is 16.7 Å². The number of pyridine rings is 1. The second-order valence-corrected chi connectivity index (χ2v) is 12.5. The molecule has 0 aromatic carbocycles. The molecule has 2 bridgehead atoms. The number of rotatable bonds is 4. The van der Waals surface area contributed by atoms with Gasteiger partial charge < -0.3 is 24.6 Å². The van der Waals surface area contributed by atoms with Crippen LogP contribution in [0.3, 0.4) is 0 Å². The first-order valence-electron chi connectivity index (χ1n) is 14.1. The van der Waals surface area contributed by atoms with Crippen molar-refractivity contribution in [2.24, 2.45) is 0 Å². The third-order valence-electron chi connectivity index (χ3n) is 8.99. The van der Waals surface area contributed by atoms with Crippen LogP contribution in [-0.2, 0) is 17.7 Å². The number of likely N-dealkylation sites (tertiary alicyclic amines) is 1. The third-order valence-corrected chi connectivity index (χ3v) is 8.99. The van der Waals surface area contributed by atoms with Crippen molar-refractivity contribution in [2.45, 2.75) is 95.5 Å². The number of aromatic nitrogens is 1. The molecule has 1 amide bonds. The summed E-state index contributed by atoms with van der Waals surface area (Å²) in [6, 6.07) is 2.82. The van der Waals surface area contributed by atoms with Crippen LogP contribution in [0.5, 0.6) is 5.88 Å². The fraction of sp³-hybridized carbons (Fsp3) is 0.750. The minimum absolute atomic E-state index is 0.0980. The topological polar surface area (TPSA) is 94.0 Å². The lowest BCUT2D eigenvalue weighted by atomic mass is 9.95. The molecule has 4 fully saturated rings. The fourth-order valence-corrected chi connectivity index (χ4v) is 7.34. The van der Waals surface area contributed by atoms with E-state index in [0.29, 0.717) is 37.7 Å². The Bertz CT molecular complexity index is 1080. The van der Waals surface area contributed by atoms with Crippen molar-refractivity contribution in [1.29, 1.82) is 5.26 Å². The van der Waals surface area contributed by atoms with Crippen molar-refractivity contribution in [3.8, 4) is 11.9 Å². The standard InChI is InChI=1S/C28H40N6O3/c1-27(2,3)37-26(35)32-16-19-6-7-20(17-32)34(19)24-21-8-11-30-15-23(21)22(14-29)25(31-24)36-18-28-9-4-12-33(28)13-5-10-28/h19-20,30H,4-13,15-18H2,1-3H3/t19-,20+. The van der Waals surface area contributed by atoms with E-state index in [-0.39, 0.29) is 23.7 Å². The second kappa shape index (κ2) is 9.32. The van der Waals surface area contributed by atoms with E-state index >= 15 is 0 Å². The molecule has 0 saturated carbocycles. The highest BCUT2D eigenvalue weighted by molar-refractivity contribution is 5.70. The van der Waals surface area contributed by atoms with E-state index in [1.807, 2.05) is 25.7 Å². The average molecular weight is 509 g/mol. The number of fused-ring (bicyclic) bond motifs is 4. The number of amides is 1. The zero-order valence-electron chi connectivity index (χ0n) is 22.5. The lowest BCUT2D eigenvalue weighted by Gasteiger charge is -2.43. The van der Waals surface area contributed by atoms with Gasteiger partial charge in [-0.3, -0.25) is 4.90 Å². The lowest BCUT2D eigenvalue weighted by molar-refractivity contribution is 0.0209.